The van der Waals surface area contributed by atoms with Crippen molar-refractivity contribution in [1.82, 2.24) is 0 Å². The summed E-state index contributed by atoms with van der Waals surface area (Å²) in [6.07, 6.45) is 6.10. The highest BCUT2D eigenvalue weighted by Gasteiger charge is 2.20. The van der Waals surface area contributed by atoms with Gasteiger partial charge in [0.05, 0.1) is 0 Å². The summed E-state index contributed by atoms with van der Waals surface area (Å²) in [6.45, 7) is 5.17. The first kappa shape index (κ1) is 12.8. The molecule has 5 heteroatoms. The van der Waals surface area contributed by atoms with Crippen LogP contribution < -0.4 is 0 Å². The molecule has 0 aliphatic rings. The lowest BCUT2D eigenvalue weighted by atomic mass is 10.2. The van der Waals surface area contributed by atoms with E-state index in [0.29, 0.717) is 6.42 Å². The van der Waals surface area contributed by atoms with Crippen LogP contribution in [-0.2, 0) is 14.9 Å². The van der Waals surface area contributed by atoms with Crippen LogP contribution in [0.3, 0.4) is 0 Å². The SMILES string of the molecule is C=C/C=C(\C=C/CC)C(=O)S(=O)(=O)O. The molecule has 0 fully saturated rings. The van der Waals surface area contributed by atoms with Gasteiger partial charge in [0.25, 0.3) is 0 Å². The Hall–Kier alpha value is -1.20. The Kier molecular flexibility index (Phi) is 5.04. The third kappa shape index (κ3) is 4.15. The third-order valence-corrected chi connectivity index (χ3v) is 2.00. The second kappa shape index (κ2) is 5.51. The summed E-state index contributed by atoms with van der Waals surface area (Å²) in [4.78, 5) is 11.1. The molecule has 0 unspecified atom stereocenters. The van der Waals surface area contributed by atoms with Gasteiger partial charge in [0.2, 0.25) is 0 Å². The van der Waals surface area contributed by atoms with Gasteiger partial charge in [0.15, 0.2) is 0 Å². The van der Waals surface area contributed by atoms with Crippen molar-refractivity contribution in [3.8, 4) is 0 Å². The van der Waals surface area contributed by atoms with Gasteiger partial charge in [0.1, 0.15) is 0 Å². The van der Waals surface area contributed by atoms with E-state index in [0.717, 1.165) is 0 Å². The lowest BCUT2D eigenvalue weighted by molar-refractivity contribution is -0.108. The molecule has 0 saturated carbocycles. The lowest BCUT2D eigenvalue weighted by Gasteiger charge is -1.96. The van der Waals surface area contributed by atoms with E-state index in [1.54, 1.807) is 6.08 Å². The van der Waals surface area contributed by atoms with Crippen LogP contribution in [0.15, 0.2) is 36.5 Å². The van der Waals surface area contributed by atoms with E-state index in [1.165, 1.54) is 18.2 Å². The Bertz CT molecular complexity index is 374. The predicted molar refractivity (Wildman–Crippen MR) is 54.3 cm³/mol. The van der Waals surface area contributed by atoms with E-state index in [4.69, 9.17) is 4.55 Å². The van der Waals surface area contributed by atoms with Crippen LogP contribution in [-0.4, -0.2) is 18.1 Å². The fourth-order valence-corrected chi connectivity index (χ4v) is 1.15. The fraction of sp³-hybridized carbons (Fsp3) is 0.222. The van der Waals surface area contributed by atoms with E-state index in [2.05, 4.69) is 6.58 Å². The highest BCUT2D eigenvalue weighted by Crippen LogP contribution is 2.05. The normalized spacial score (nSPS) is 13.1. The highest BCUT2D eigenvalue weighted by molar-refractivity contribution is 8.01. The van der Waals surface area contributed by atoms with Crippen LogP contribution in [0, 0.1) is 0 Å². The highest BCUT2D eigenvalue weighted by atomic mass is 32.2. The molecule has 0 aromatic carbocycles. The number of hydrogen-bond donors (Lipinski definition) is 1. The maximum absolute atomic E-state index is 11.1. The molecule has 0 heterocycles. The Morgan fingerprint density at radius 3 is 2.43 bits per heavy atom. The van der Waals surface area contributed by atoms with Crippen molar-refractivity contribution >= 4 is 15.2 Å². The summed E-state index contributed by atoms with van der Waals surface area (Å²) < 4.78 is 29.5. The maximum Gasteiger partial charge on any atom is 0.333 e. The summed E-state index contributed by atoms with van der Waals surface area (Å²) in [5.74, 6) is 0. The van der Waals surface area contributed by atoms with Gasteiger partial charge in [-0.15, -0.1) is 0 Å². The number of hydrogen-bond acceptors (Lipinski definition) is 3. The van der Waals surface area contributed by atoms with Crippen molar-refractivity contribution in [2.24, 2.45) is 0 Å². The maximum atomic E-state index is 11.1. The molecule has 0 amide bonds. The molecule has 0 rings (SSSR count). The number of carbonyl (C=O) groups is 1. The van der Waals surface area contributed by atoms with Crippen LogP contribution in [0.1, 0.15) is 13.3 Å². The fourth-order valence-electron chi connectivity index (χ4n) is 0.712. The molecule has 0 aliphatic heterocycles. The van der Waals surface area contributed by atoms with Crippen LogP contribution in [0.5, 0.6) is 0 Å². The predicted octanol–water partition coefficient (Wildman–Crippen LogP) is 1.48. The van der Waals surface area contributed by atoms with Gasteiger partial charge in [-0.2, -0.15) is 8.42 Å². The molecule has 0 bridgehead atoms. The Balaban J connectivity index is 5.06. The van der Waals surface area contributed by atoms with E-state index in [1.807, 2.05) is 6.92 Å². The summed E-state index contributed by atoms with van der Waals surface area (Å²) in [6, 6.07) is 0. The summed E-state index contributed by atoms with van der Waals surface area (Å²) >= 11 is 0. The van der Waals surface area contributed by atoms with Crippen molar-refractivity contribution in [2.75, 3.05) is 0 Å². The summed E-state index contributed by atoms with van der Waals surface area (Å²) in [5, 5.41) is -1.32. The van der Waals surface area contributed by atoms with Gasteiger partial charge in [-0.1, -0.05) is 37.8 Å². The average Bonchev–Trinajstić information content (AvgIpc) is 2.09. The minimum absolute atomic E-state index is 0.107. The standard InChI is InChI=1S/C9H12O4S/c1-3-5-7-8(6-4-2)9(10)14(11,12)13/h4-7H,2-3H2,1H3,(H,11,12,13)/b7-5-,8-6+. The van der Waals surface area contributed by atoms with Crippen molar-refractivity contribution in [1.29, 1.82) is 0 Å². The van der Waals surface area contributed by atoms with Crippen molar-refractivity contribution < 1.29 is 17.8 Å². The van der Waals surface area contributed by atoms with E-state index >= 15 is 0 Å². The summed E-state index contributed by atoms with van der Waals surface area (Å²) in [5.41, 5.74) is -0.107. The Labute approximate surface area is 83.4 Å². The van der Waals surface area contributed by atoms with E-state index in [9.17, 15) is 13.2 Å². The van der Waals surface area contributed by atoms with Crippen LogP contribution >= 0.6 is 0 Å². The lowest BCUT2D eigenvalue weighted by Crippen LogP contribution is -2.14. The zero-order valence-electron chi connectivity index (χ0n) is 7.80. The first-order valence-corrected chi connectivity index (χ1v) is 5.38. The van der Waals surface area contributed by atoms with Crippen LogP contribution in [0.25, 0.3) is 0 Å². The quantitative estimate of drug-likeness (QED) is 0.439. The zero-order valence-corrected chi connectivity index (χ0v) is 8.62. The van der Waals surface area contributed by atoms with E-state index < -0.39 is 15.2 Å². The second-order valence-corrected chi connectivity index (χ2v) is 3.75. The molecule has 0 saturated heterocycles. The Morgan fingerprint density at radius 2 is 2.07 bits per heavy atom. The molecule has 14 heavy (non-hydrogen) atoms. The van der Waals surface area contributed by atoms with Gasteiger partial charge in [0, 0.05) is 5.57 Å². The number of allylic oxidation sites excluding steroid dienone is 4. The molecular weight excluding hydrogens is 204 g/mol. The largest absolute Gasteiger partial charge is 0.333 e. The molecule has 1 N–H and O–H groups in total. The molecule has 0 spiro atoms. The van der Waals surface area contributed by atoms with Gasteiger partial charge in [-0.25, -0.2) is 0 Å². The molecule has 0 aromatic heterocycles. The first-order valence-electron chi connectivity index (χ1n) is 3.94. The smallest absolute Gasteiger partial charge is 0.279 e. The molecule has 0 aromatic rings. The molecule has 4 nitrogen and oxygen atoms in total. The summed E-state index contributed by atoms with van der Waals surface area (Å²) in [7, 11) is -4.66. The van der Waals surface area contributed by atoms with Gasteiger partial charge < -0.3 is 0 Å². The third-order valence-electron chi connectivity index (χ3n) is 1.30. The molecule has 78 valence electrons. The Morgan fingerprint density at radius 1 is 1.50 bits per heavy atom. The molecule has 0 atom stereocenters. The van der Waals surface area contributed by atoms with Crippen molar-refractivity contribution in [3.63, 3.8) is 0 Å². The minimum Gasteiger partial charge on any atom is -0.279 e. The first-order chi connectivity index (χ1) is 6.43. The molecule has 0 aliphatic carbocycles. The van der Waals surface area contributed by atoms with Gasteiger partial charge in [-0.3, -0.25) is 9.35 Å². The van der Waals surface area contributed by atoms with Gasteiger partial charge in [-0.05, 0) is 6.42 Å². The topological polar surface area (TPSA) is 71.4 Å². The van der Waals surface area contributed by atoms with Gasteiger partial charge >= 0.3 is 15.2 Å². The zero-order chi connectivity index (χ0) is 11.2. The van der Waals surface area contributed by atoms with Crippen LogP contribution in [0.2, 0.25) is 0 Å². The number of carbonyl (C=O) groups excluding carboxylic acids is 1. The average molecular weight is 216 g/mol. The number of rotatable bonds is 4. The molecule has 0 radical (unpaired) electrons. The molecular formula is C9H12O4S. The monoisotopic (exact) mass is 216 g/mol. The van der Waals surface area contributed by atoms with E-state index in [-0.39, 0.29) is 5.57 Å². The van der Waals surface area contributed by atoms with Crippen LogP contribution in [0.4, 0.5) is 0 Å². The van der Waals surface area contributed by atoms with Crippen molar-refractivity contribution in [2.45, 2.75) is 13.3 Å². The minimum atomic E-state index is -4.66. The second-order valence-electron chi connectivity index (χ2n) is 2.43. The van der Waals surface area contributed by atoms with Crippen molar-refractivity contribution in [3.05, 3.63) is 36.5 Å².